The number of hydrogen-bond donors (Lipinski definition) is 1. The van der Waals surface area contributed by atoms with Crippen LogP contribution in [0.1, 0.15) is 16.7 Å². The molecule has 0 saturated carbocycles. The molecule has 0 bridgehead atoms. The summed E-state index contributed by atoms with van der Waals surface area (Å²) in [5.74, 6) is -0.803. The fourth-order valence-electron chi connectivity index (χ4n) is 2.89. The number of benzene rings is 2. The zero-order valence-electron chi connectivity index (χ0n) is 11.8. The zero-order valence-corrected chi connectivity index (χ0v) is 13.3. The van der Waals surface area contributed by atoms with E-state index in [1.165, 1.54) is 0 Å². The Kier molecular flexibility index (Phi) is 4.39. The van der Waals surface area contributed by atoms with Crippen LogP contribution in [0, 0.1) is 0 Å². The van der Waals surface area contributed by atoms with E-state index in [0.717, 1.165) is 16.7 Å². The van der Waals surface area contributed by atoms with Crippen molar-refractivity contribution in [2.45, 2.75) is 25.6 Å². The number of carboxylic acid groups (broad SMARTS) is 1. The standard InChI is InChI=1S/C17H15Cl2NO2/c18-14-3-1-2-11(6-14)9-20-10-13-7-15(19)5-4-12(13)8-16(20)17(21)22/h1-7,16H,8-10H2,(H,21,22). The normalized spacial score (nSPS) is 18.0. The van der Waals surface area contributed by atoms with Gasteiger partial charge in [0.05, 0.1) is 0 Å². The molecule has 1 unspecified atom stereocenters. The van der Waals surface area contributed by atoms with Crippen molar-refractivity contribution in [1.82, 2.24) is 4.90 Å². The smallest absolute Gasteiger partial charge is 0.321 e. The van der Waals surface area contributed by atoms with Gasteiger partial charge in [0.15, 0.2) is 0 Å². The summed E-state index contributed by atoms with van der Waals surface area (Å²) in [4.78, 5) is 13.6. The summed E-state index contributed by atoms with van der Waals surface area (Å²) in [5.41, 5.74) is 3.15. The Morgan fingerprint density at radius 1 is 1.14 bits per heavy atom. The highest BCUT2D eigenvalue weighted by Crippen LogP contribution is 2.28. The van der Waals surface area contributed by atoms with Gasteiger partial charge in [-0.3, -0.25) is 9.69 Å². The molecule has 1 atom stereocenters. The molecule has 0 spiro atoms. The predicted octanol–water partition coefficient (Wildman–Crippen LogP) is 4.00. The fourth-order valence-corrected chi connectivity index (χ4v) is 3.29. The average Bonchev–Trinajstić information content (AvgIpc) is 2.46. The van der Waals surface area contributed by atoms with Crippen LogP contribution in [0.4, 0.5) is 0 Å². The highest BCUT2D eigenvalue weighted by atomic mass is 35.5. The molecule has 1 heterocycles. The lowest BCUT2D eigenvalue weighted by atomic mass is 9.93. The number of fused-ring (bicyclic) bond motifs is 1. The van der Waals surface area contributed by atoms with E-state index in [1.807, 2.05) is 47.4 Å². The third-order valence-electron chi connectivity index (χ3n) is 3.96. The largest absolute Gasteiger partial charge is 0.480 e. The summed E-state index contributed by atoms with van der Waals surface area (Å²) >= 11 is 12.1. The van der Waals surface area contributed by atoms with Gasteiger partial charge in [-0.15, -0.1) is 0 Å². The SMILES string of the molecule is O=C(O)C1Cc2ccc(Cl)cc2CN1Cc1cccc(Cl)c1. The van der Waals surface area contributed by atoms with Crippen LogP contribution in [0.15, 0.2) is 42.5 Å². The van der Waals surface area contributed by atoms with Crippen LogP contribution in [0.25, 0.3) is 0 Å². The topological polar surface area (TPSA) is 40.5 Å². The van der Waals surface area contributed by atoms with Crippen LogP contribution < -0.4 is 0 Å². The second-order valence-corrected chi connectivity index (χ2v) is 6.38. The molecule has 0 fully saturated rings. The lowest BCUT2D eigenvalue weighted by molar-refractivity contribution is -0.144. The van der Waals surface area contributed by atoms with Gasteiger partial charge in [-0.25, -0.2) is 0 Å². The summed E-state index contributed by atoms with van der Waals surface area (Å²) < 4.78 is 0. The molecule has 0 radical (unpaired) electrons. The molecule has 0 aliphatic carbocycles. The van der Waals surface area contributed by atoms with Crippen LogP contribution in [0.3, 0.4) is 0 Å². The molecule has 0 aromatic heterocycles. The van der Waals surface area contributed by atoms with Gasteiger partial charge in [-0.05, 0) is 47.4 Å². The first-order chi connectivity index (χ1) is 10.5. The molecule has 5 heteroatoms. The highest BCUT2D eigenvalue weighted by molar-refractivity contribution is 6.30. The summed E-state index contributed by atoms with van der Waals surface area (Å²) in [6.45, 7) is 1.11. The minimum atomic E-state index is -0.803. The Morgan fingerprint density at radius 3 is 2.64 bits per heavy atom. The Balaban J connectivity index is 1.89. The molecule has 22 heavy (non-hydrogen) atoms. The van der Waals surface area contributed by atoms with E-state index in [-0.39, 0.29) is 0 Å². The number of carbonyl (C=O) groups is 1. The van der Waals surface area contributed by atoms with Crippen LogP contribution >= 0.6 is 23.2 Å². The van der Waals surface area contributed by atoms with Gasteiger partial charge in [0.25, 0.3) is 0 Å². The van der Waals surface area contributed by atoms with Crippen molar-refractivity contribution in [3.63, 3.8) is 0 Å². The van der Waals surface area contributed by atoms with E-state index in [0.29, 0.717) is 29.6 Å². The Bertz CT molecular complexity index is 718. The van der Waals surface area contributed by atoms with Gasteiger partial charge in [0, 0.05) is 23.1 Å². The van der Waals surface area contributed by atoms with Crippen molar-refractivity contribution in [2.75, 3.05) is 0 Å². The minimum Gasteiger partial charge on any atom is -0.480 e. The highest BCUT2D eigenvalue weighted by Gasteiger charge is 2.31. The molecule has 2 aromatic carbocycles. The Hall–Kier alpha value is -1.55. The Morgan fingerprint density at radius 2 is 1.91 bits per heavy atom. The van der Waals surface area contributed by atoms with E-state index in [9.17, 15) is 9.90 Å². The van der Waals surface area contributed by atoms with E-state index >= 15 is 0 Å². The van der Waals surface area contributed by atoms with E-state index in [2.05, 4.69) is 0 Å². The second kappa shape index (κ2) is 6.29. The van der Waals surface area contributed by atoms with Gasteiger partial charge in [-0.2, -0.15) is 0 Å². The lowest BCUT2D eigenvalue weighted by Crippen LogP contribution is -2.45. The van der Waals surface area contributed by atoms with Gasteiger partial charge in [0.1, 0.15) is 6.04 Å². The molecule has 0 amide bonds. The first kappa shape index (κ1) is 15.3. The fraction of sp³-hybridized carbons (Fsp3) is 0.235. The maximum atomic E-state index is 11.6. The van der Waals surface area contributed by atoms with Crippen molar-refractivity contribution in [3.8, 4) is 0 Å². The molecule has 0 saturated heterocycles. The quantitative estimate of drug-likeness (QED) is 0.921. The number of aliphatic carboxylic acids is 1. The second-order valence-electron chi connectivity index (χ2n) is 5.51. The summed E-state index contributed by atoms with van der Waals surface area (Å²) in [5, 5.41) is 10.9. The van der Waals surface area contributed by atoms with Gasteiger partial charge >= 0.3 is 5.97 Å². The molecule has 3 rings (SSSR count). The minimum absolute atomic E-state index is 0.488. The zero-order chi connectivity index (χ0) is 15.7. The van der Waals surface area contributed by atoms with Gasteiger partial charge in [-0.1, -0.05) is 41.4 Å². The molecule has 1 aliphatic rings. The molecule has 3 nitrogen and oxygen atoms in total. The molecule has 1 aliphatic heterocycles. The van der Waals surface area contributed by atoms with Crippen molar-refractivity contribution >= 4 is 29.2 Å². The number of nitrogens with zero attached hydrogens (tertiary/aromatic N) is 1. The lowest BCUT2D eigenvalue weighted by Gasteiger charge is -2.34. The molecule has 114 valence electrons. The van der Waals surface area contributed by atoms with Crippen molar-refractivity contribution in [3.05, 3.63) is 69.2 Å². The predicted molar refractivity (Wildman–Crippen MR) is 87.3 cm³/mol. The maximum absolute atomic E-state index is 11.6. The summed E-state index contributed by atoms with van der Waals surface area (Å²) in [7, 11) is 0. The monoisotopic (exact) mass is 335 g/mol. The first-order valence-electron chi connectivity index (χ1n) is 7.01. The number of halogens is 2. The van der Waals surface area contributed by atoms with Crippen LogP contribution in [0.2, 0.25) is 10.0 Å². The van der Waals surface area contributed by atoms with Crippen LogP contribution in [-0.2, 0) is 24.3 Å². The number of rotatable bonds is 3. The van der Waals surface area contributed by atoms with Gasteiger partial charge in [0.2, 0.25) is 0 Å². The third kappa shape index (κ3) is 3.27. The average molecular weight is 336 g/mol. The van der Waals surface area contributed by atoms with E-state index in [1.54, 1.807) is 0 Å². The van der Waals surface area contributed by atoms with Crippen molar-refractivity contribution < 1.29 is 9.90 Å². The maximum Gasteiger partial charge on any atom is 0.321 e. The number of hydrogen-bond acceptors (Lipinski definition) is 2. The Labute approximate surface area is 139 Å². The first-order valence-corrected chi connectivity index (χ1v) is 7.77. The number of carboxylic acids is 1. The van der Waals surface area contributed by atoms with Crippen LogP contribution in [0.5, 0.6) is 0 Å². The van der Waals surface area contributed by atoms with Crippen molar-refractivity contribution in [1.29, 1.82) is 0 Å². The molecular weight excluding hydrogens is 321 g/mol. The third-order valence-corrected chi connectivity index (χ3v) is 4.43. The summed E-state index contributed by atoms with van der Waals surface area (Å²) in [6, 6.07) is 12.6. The van der Waals surface area contributed by atoms with Crippen molar-refractivity contribution in [2.24, 2.45) is 0 Å². The van der Waals surface area contributed by atoms with Crippen LogP contribution in [-0.4, -0.2) is 22.0 Å². The van der Waals surface area contributed by atoms with Gasteiger partial charge < -0.3 is 5.11 Å². The molecule has 1 N–H and O–H groups in total. The molecular formula is C17H15Cl2NO2. The van der Waals surface area contributed by atoms with E-state index in [4.69, 9.17) is 23.2 Å². The summed E-state index contributed by atoms with van der Waals surface area (Å²) in [6.07, 6.45) is 0.488. The van der Waals surface area contributed by atoms with E-state index < -0.39 is 12.0 Å². The molecule has 2 aromatic rings.